The zero-order chi connectivity index (χ0) is 13.0. The molecule has 0 aromatic heterocycles. The Morgan fingerprint density at radius 3 is 2.94 bits per heavy atom. The third-order valence-electron chi connectivity index (χ3n) is 2.90. The minimum Gasteiger partial charge on any atom is -0.493 e. The van der Waals surface area contributed by atoms with Gasteiger partial charge in [0.1, 0.15) is 11.6 Å². The third-order valence-corrected chi connectivity index (χ3v) is 3.13. The molecule has 0 radical (unpaired) electrons. The van der Waals surface area contributed by atoms with E-state index in [2.05, 4.69) is 0 Å². The van der Waals surface area contributed by atoms with Crippen LogP contribution in [0.1, 0.15) is 18.4 Å². The number of benzene rings is 1. The van der Waals surface area contributed by atoms with Gasteiger partial charge in [0.15, 0.2) is 11.5 Å². The molecule has 0 aliphatic carbocycles. The van der Waals surface area contributed by atoms with Crippen LogP contribution in [0.3, 0.4) is 0 Å². The molecule has 1 aromatic carbocycles. The highest BCUT2D eigenvalue weighted by molar-refractivity contribution is 7.80. The zero-order valence-corrected chi connectivity index (χ0v) is 11.2. The van der Waals surface area contributed by atoms with Crippen LogP contribution in [-0.2, 0) is 4.74 Å². The van der Waals surface area contributed by atoms with E-state index in [0.29, 0.717) is 23.1 Å². The third kappa shape index (κ3) is 3.11. The van der Waals surface area contributed by atoms with Crippen LogP contribution in [0.4, 0.5) is 0 Å². The van der Waals surface area contributed by atoms with Gasteiger partial charge in [-0.25, -0.2) is 0 Å². The minimum absolute atomic E-state index is 0.185. The first-order valence-electron chi connectivity index (χ1n) is 5.93. The molecular formula is C13H17NO3S. The number of nitrogens with two attached hydrogens (primary N) is 1. The van der Waals surface area contributed by atoms with Gasteiger partial charge in [0.2, 0.25) is 0 Å². The maximum Gasteiger partial charge on any atom is 0.161 e. The van der Waals surface area contributed by atoms with Gasteiger partial charge in [-0.05, 0) is 31.0 Å². The number of rotatable bonds is 5. The van der Waals surface area contributed by atoms with Crippen LogP contribution in [0.25, 0.3) is 0 Å². The normalized spacial score (nSPS) is 18.6. The molecular weight excluding hydrogens is 250 g/mol. The number of thiocarbonyl (C=S) groups is 1. The summed E-state index contributed by atoms with van der Waals surface area (Å²) in [4.78, 5) is 0.346. The molecule has 1 aliphatic rings. The van der Waals surface area contributed by atoms with Gasteiger partial charge >= 0.3 is 0 Å². The summed E-state index contributed by atoms with van der Waals surface area (Å²) in [7, 11) is 1.59. The summed E-state index contributed by atoms with van der Waals surface area (Å²) in [5, 5.41) is 0. The molecule has 0 spiro atoms. The van der Waals surface area contributed by atoms with Gasteiger partial charge in [-0.15, -0.1) is 0 Å². The molecule has 1 aromatic rings. The van der Waals surface area contributed by atoms with Gasteiger partial charge < -0.3 is 19.9 Å². The molecule has 1 heterocycles. The fraction of sp³-hybridized carbons (Fsp3) is 0.462. The minimum atomic E-state index is 0.185. The van der Waals surface area contributed by atoms with Crippen LogP contribution in [0.5, 0.6) is 11.5 Å². The van der Waals surface area contributed by atoms with Crippen LogP contribution in [0, 0.1) is 0 Å². The van der Waals surface area contributed by atoms with Crippen molar-refractivity contribution in [1.82, 2.24) is 0 Å². The predicted octanol–water partition coefficient (Wildman–Crippen LogP) is 1.89. The summed E-state index contributed by atoms with van der Waals surface area (Å²) in [5.41, 5.74) is 6.35. The van der Waals surface area contributed by atoms with Crippen molar-refractivity contribution in [3.63, 3.8) is 0 Å². The van der Waals surface area contributed by atoms with Crippen LogP contribution >= 0.6 is 12.2 Å². The Morgan fingerprint density at radius 1 is 1.50 bits per heavy atom. The highest BCUT2D eigenvalue weighted by Crippen LogP contribution is 2.28. The second-order valence-corrected chi connectivity index (χ2v) is 4.62. The van der Waals surface area contributed by atoms with Crippen LogP contribution < -0.4 is 15.2 Å². The molecule has 1 fully saturated rings. The summed E-state index contributed by atoms with van der Waals surface area (Å²) in [6, 6.07) is 5.44. The Labute approximate surface area is 112 Å². The number of hydrogen-bond donors (Lipinski definition) is 1. The van der Waals surface area contributed by atoms with Gasteiger partial charge in [0.05, 0.1) is 13.2 Å². The SMILES string of the molecule is COc1cc(C(N)=S)ccc1OCC1CCCO1. The topological polar surface area (TPSA) is 53.7 Å². The maximum absolute atomic E-state index is 5.71. The summed E-state index contributed by atoms with van der Waals surface area (Å²) in [6.07, 6.45) is 2.34. The van der Waals surface area contributed by atoms with Gasteiger partial charge in [-0.3, -0.25) is 0 Å². The number of methoxy groups -OCH3 is 1. The van der Waals surface area contributed by atoms with Gasteiger partial charge in [-0.1, -0.05) is 12.2 Å². The Hall–Kier alpha value is -1.33. The molecule has 2 rings (SSSR count). The Morgan fingerprint density at radius 2 is 2.33 bits per heavy atom. The van der Waals surface area contributed by atoms with E-state index in [1.54, 1.807) is 13.2 Å². The van der Waals surface area contributed by atoms with E-state index in [1.807, 2.05) is 12.1 Å². The molecule has 18 heavy (non-hydrogen) atoms. The van der Waals surface area contributed by atoms with Gasteiger partial charge in [0, 0.05) is 12.2 Å². The Kier molecular flexibility index (Phi) is 4.38. The average molecular weight is 267 g/mol. The van der Waals surface area contributed by atoms with Crippen LogP contribution in [0.15, 0.2) is 18.2 Å². The number of ether oxygens (including phenoxy) is 3. The highest BCUT2D eigenvalue weighted by atomic mass is 32.1. The van der Waals surface area contributed by atoms with Crippen molar-refractivity contribution in [2.45, 2.75) is 18.9 Å². The molecule has 98 valence electrons. The number of hydrogen-bond acceptors (Lipinski definition) is 4. The molecule has 1 atom stereocenters. The maximum atomic E-state index is 5.71. The fourth-order valence-electron chi connectivity index (χ4n) is 1.90. The fourth-order valence-corrected chi connectivity index (χ4v) is 2.03. The smallest absolute Gasteiger partial charge is 0.161 e. The average Bonchev–Trinajstić information content (AvgIpc) is 2.89. The predicted molar refractivity (Wildman–Crippen MR) is 73.4 cm³/mol. The van der Waals surface area contributed by atoms with E-state index in [9.17, 15) is 0 Å². The molecule has 0 amide bonds. The molecule has 5 heteroatoms. The lowest BCUT2D eigenvalue weighted by Crippen LogP contribution is -2.16. The second-order valence-electron chi connectivity index (χ2n) is 4.18. The Bertz CT molecular complexity index is 430. The summed E-state index contributed by atoms with van der Waals surface area (Å²) >= 11 is 4.93. The van der Waals surface area contributed by atoms with Crippen molar-refractivity contribution < 1.29 is 14.2 Å². The molecule has 4 nitrogen and oxygen atoms in total. The molecule has 0 saturated carbocycles. The molecule has 1 unspecified atom stereocenters. The van der Waals surface area contributed by atoms with Gasteiger partial charge in [-0.2, -0.15) is 0 Å². The summed E-state index contributed by atoms with van der Waals surface area (Å²) < 4.78 is 16.5. The monoisotopic (exact) mass is 267 g/mol. The highest BCUT2D eigenvalue weighted by Gasteiger charge is 2.17. The first-order valence-corrected chi connectivity index (χ1v) is 6.34. The van der Waals surface area contributed by atoms with Crippen LogP contribution in [-0.4, -0.2) is 31.4 Å². The van der Waals surface area contributed by atoms with Crippen molar-refractivity contribution in [2.24, 2.45) is 5.73 Å². The Balaban J connectivity index is 2.04. The standard InChI is InChI=1S/C13H17NO3S/c1-15-12-7-9(13(14)18)4-5-11(12)17-8-10-3-2-6-16-10/h4-5,7,10H,2-3,6,8H2,1H3,(H2,14,18). The van der Waals surface area contributed by atoms with Crippen LogP contribution in [0.2, 0.25) is 0 Å². The summed E-state index contributed by atoms with van der Waals surface area (Å²) in [6.45, 7) is 1.37. The lowest BCUT2D eigenvalue weighted by atomic mass is 10.2. The second kappa shape index (κ2) is 6.02. The van der Waals surface area contributed by atoms with Crippen molar-refractivity contribution in [3.8, 4) is 11.5 Å². The van der Waals surface area contributed by atoms with E-state index < -0.39 is 0 Å². The van der Waals surface area contributed by atoms with Crippen molar-refractivity contribution >= 4 is 17.2 Å². The van der Waals surface area contributed by atoms with E-state index in [4.69, 9.17) is 32.2 Å². The van der Waals surface area contributed by atoms with E-state index in [-0.39, 0.29) is 6.10 Å². The largest absolute Gasteiger partial charge is 0.493 e. The lowest BCUT2D eigenvalue weighted by molar-refractivity contribution is 0.0670. The molecule has 1 saturated heterocycles. The van der Waals surface area contributed by atoms with Crippen molar-refractivity contribution in [3.05, 3.63) is 23.8 Å². The molecule has 1 aliphatic heterocycles. The molecule has 0 bridgehead atoms. The first kappa shape index (κ1) is 13.1. The first-order chi connectivity index (χ1) is 8.70. The van der Waals surface area contributed by atoms with E-state index in [0.717, 1.165) is 25.0 Å². The zero-order valence-electron chi connectivity index (χ0n) is 10.3. The van der Waals surface area contributed by atoms with E-state index >= 15 is 0 Å². The molecule has 2 N–H and O–H groups in total. The summed E-state index contributed by atoms with van der Waals surface area (Å²) in [5.74, 6) is 1.33. The van der Waals surface area contributed by atoms with E-state index in [1.165, 1.54) is 0 Å². The quantitative estimate of drug-likeness (QED) is 0.826. The van der Waals surface area contributed by atoms with Crippen molar-refractivity contribution in [1.29, 1.82) is 0 Å². The lowest BCUT2D eigenvalue weighted by Gasteiger charge is -2.14. The van der Waals surface area contributed by atoms with Gasteiger partial charge in [0.25, 0.3) is 0 Å². The van der Waals surface area contributed by atoms with Crippen molar-refractivity contribution in [2.75, 3.05) is 20.3 Å².